The van der Waals surface area contributed by atoms with E-state index in [2.05, 4.69) is 11.2 Å². The van der Waals surface area contributed by atoms with Crippen LogP contribution >= 0.6 is 0 Å². The van der Waals surface area contributed by atoms with Crippen molar-refractivity contribution in [1.29, 1.82) is 0 Å². The van der Waals surface area contributed by atoms with E-state index >= 15 is 0 Å². The zero-order valence-corrected chi connectivity index (χ0v) is 8.84. The molecule has 0 rings (SSSR count). The third kappa shape index (κ3) is 384. The second-order valence-corrected chi connectivity index (χ2v) is 1.59. The van der Waals surface area contributed by atoms with Gasteiger partial charge in [0.2, 0.25) is 0 Å². The monoisotopic (exact) mass is 212 g/mol. The Morgan fingerprint density at radius 3 is 0.900 bits per heavy atom. The average Bonchev–Trinajstić information content (AvgIpc) is 0.811. The van der Waals surface area contributed by atoms with Crippen molar-refractivity contribution in [3.05, 3.63) is 0 Å². The van der Waals surface area contributed by atoms with Gasteiger partial charge in [-0.2, -0.15) is 0 Å². The Labute approximate surface area is 88.4 Å². The van der Waals surface area contributed by atoms with Crippen LogP contribution in [0.25, 0.3) is 0 Å². The largest absolute Gasteiger partial charge is 1.00 e. The molecular weight excluding hydrogens is 199 g/mol. The first-order valence-electron chi connectivity index (χ1n) is 0.532. The van der Waals surface area contributed by atoms with Gasteiger partial charge in [-0.25, -0.2) is 0 Å². The molecule has 12 N–H and O–H groups in total. The summed E-state index contributed by atoms with van der Waals surface area (Å²) in [6, 6.07) is 0. The molecule has 0 fully saturated rings. The van der Waals surface area contributed by atoms with Crippen LogP contribution in [0.2, 0.25) is 0 Å². The van der Waals surface area contributed by atoms with Gasteiger partial charge in [0.25, 0.3) is 0 Å². The molecule has 7 nitrogen and oxygen atoms in total. The summed E-state index contributed by atoms with van der Waals surface area (Å²) in [4.78, 5) is 0. The molecule has 0 bridgehead atoms. The minimum Gasteiger partial charge on any atom is -1.00 e. The van der Waals surface area contributed by atoms with Gasteiger partial charge in [0.05, 0.1) is 0 Å². The van der Waals surface area contributed by atoms with Gasteiger partial charge >= 0.3 is 29.6 Å². The van der Waals surface area contributed by atoms with Crippen molar-refractivity contribution in [1.82, 2.24) is 0 Å². The molecule has 68 valence electrons. The Bertz CT molecular complexity index is 39.4. The molecular formula is H13NaO7S2. The van der Waals surface area contributed by atoms with E-state index in [1.807, 2.05) is 0 Å². The molecule has 0 radical (unpaired) electrons. The van der Waals surface area contributed by atoms with Crippen LogP contribution in [0, 0.1) is 0 Å². The van der Waals surface area contributed by atoms with Crippen LogP contribution in [0.1, 0.15) is 1.43 Å². The van der Waals surface area contributed by atoms with Crippen molar-refractivity contribution < 1.29 is 67.5 Å². The molecule has 10 heteroatoms. The van der Waals surface area contributed by atoms with Gasteiger partial charge in [-0.1, -0.05) is 0 Å². The van der Waals surface area contributed by atoms with Crippen molar-refractivity contribution in [2.24, 2.45) is 0 Å². The number of hydrogen-bond acceptors (Lipinski definition) is 1. The molecule has 0 saturated carbocycles. The van der Waals surface area contributed by atoms with E-state index < -0.39 is 10.0 Å². The quantitative estimate of drug-likeness (QED) is 0.376. The summed E-state index contributed by atoms with van der Waals surface area (Å²) >= 11 is 3.76. The fourth-order valence-corrected chi connectivity index (χ4v) is 0. The Balaban J connectivity index is -0.00000000214. The van der Waals surface area contributed by atoms with E-state index in [0.29, 0.717) is 0 Å². The van der Waals surface area contributed by atoms with Gasteiger partial charge < -0.3 is 37.9 Å². The van der Waals surface area contributed by atoms with E-state index in [4.69, 9.17) is 9.11 Å². The van der Waals surface area contributed by atoms with E-state index in [-0.39, 0.29) is 58.4 Å². The molecule has 0 amide bonds. The Morgan fingerprint density at radius 2 is 0.900 bits per heavy atom. The summed E-state index contributed by atoms with van der Waals surface area (Å²) in [5, 5.41) is 0. The van der Waals surface area contributed by atoms with Crippen molar-refractivity contribution in [2.45, 2.75) is 0 Å². The molecule has 0 aromatic rings. The third-order valence-electron chi connectivity index (χ3n) is 0. The minimum atomic E-state index is -1.78. The second kappa shape index (κ2) is 48.3. The van der Waals surface area contributed by atoms with Gasteiger partial charge in [-0.3, -0.25) is 0 Å². The summed E-state index contributed by atoms with van der Waals surface area (Å²) in [6.07, 6.45) is 0. The van der Waals surface area contributed by atoms with Crippen LogP contribution in [0.4, 0.5) is 0 Å². The standard InChI is InChI=1S/Na.H2O2S2.5H2O.H/c;1-4(2)3;;;;;;/h;(H2,1,2,3);5*1H2;/q+1;;;;;;;-1. The minimum absolute atomic E-state index is 0. The zero-order valence-electron chi connectivity index (χ0n) is 6.21. The average molecular weight is 212 g/mol. The molecule has 0 heterocycles. The first-order chi connectivity index (χ1) is 1.73. The fourth-order valence-electron chi connectivity index (χ4n) is 0. The second-order valence-electron chi connectivity index (χ2n) is 0.231. The summed E-state index contributed by atoms with van der Waals surface area (Å²) in [5.41, 5.74) is 0. The van der Waals surface area contributed by atoms with Crippen molar-refractivity contribution >= 4 is 21.2 Å². The molecule has 0 aliphatic heterocycles. The molecule has 0 spiro atoms. The Kier molecular flexibility index (Phi) is 313. The first kappa shape index (κ1) is 65.0. The summed E-state index contributed by atoms with van der Waals surface area (Å²) in [5.74, 6) is 0. The SMILES string of the molecule is O.O.O.O.O.OS(O)=S.[H-].[Na+]. The Morgan fingerprint density at radius 1 is 0.900 bits per heavy atom. The predicted octanol–water partition coefficient (Wildman–Crippen LogP) is -6.99. The van der Waals surface area contributed by atoms with Gasteiger partial charge in [0.15, 0.2) is 0 Å². The molecule has 10 heavy (non-hydrogen) atoms. The summed E-state index contributed by atoms with van der Waals surface area (Å²) in [7, 11) is -1.78. The number of hydrogen-bond donors (Lipinski definition) is 2. The molecule has 0 unspecified atom stereocenters. The molecule has 0 aliphatic carbocycles. The van der Waals surface area contributed by atoms with Crippen LogP contribution in [-0.2, 0) is 21.2 Å². The topological polar surface area (TPSA) is 198 Å². The number of rotatable bonds is 0. The van der Waals surface area contributed by atoms with E-state index in [1.54, 1.807) is 0 Å². The molecule has 0 aromatic carbocycles. The zero-order chi connectivity index (χ0) is 3.58. The van der Waals surface area contributed by atoms with Crippen LogP contribution < -0.4 is 29.6 Å². The van der Waals surface area contributed by atoms with Gasteiger partial charge in [-0.05, 0) is 0 Å². The van der Waals surface area contributed by atoms with Gasteiger partial charge in [0.1, 0.15) is 10.0 Å². The normalized spacial score (nSPS) is 3.50. The van der Waals surface area contributed by atoms with Crippen LogP contribution in [0.5, 0.6) is 0 Å². The van der Waals surface area contributed by atoms with Crippen molar-refractivity contribution in [2.75, 3.05) is 0 Å². The van der Waals surface area contributed by atoms with Crippen LogP contribution in [-0.4, -0.2) is 36.5 Å². The van der Waals surface area contributed by atoms with Gasteiger partial charge in [-0.15, -0.1) is 0 Å². The third-order valence-corrected chi connectivity index (χ3v) is 0. The van der Waals surface area contributed by atoms with E-state index in [0.717, 1.165) is 0 Å². The van der Waals surface area contributed by atoms with Gasteiger partial charge in [0, 0.05) is 11.2 Å². The molecule has 0 aliphatic rings. The Hall–Kier alpha value is 1.29. The maximum atomic E-state index is 7.45. The van der Waals surface area contributed by atoms with Crippen LogP contribution in [0.15, 0.2) is 0 Å². The summed E-state index contributed by atoms with van der Waals surface area (Å²) < 4.78 is 14.9. The fraction of sp³-hybridized carbons (Fsp3) is 0. The first-order valence-corrected chi connectivity index (χ1v) is 2.60. The molecule has 0 aromatic heterocycles. The summed E-state index contributed by atoms with van der Waals surface area (Å²) in [6.45, 7) is 0. The van der Waals surface area contributed by atoms with Crippen LogP contribution in [0.3, 0.4) is 0 Å². The predicted molar refractivity (Wildman–Crippen MR) is 39.2 cm³/mol. The smallest absolute Gasteiger partial charge is 1.00 e. The molecule has 0 saturated heterocycles. The maximum absolute atomic E-state index is 7.45. The van der Waals surface area contributed by atoms with E-state index in [9.17, 15) is 0 Å². The molecule has 0 atom stereocenters. The van der Waals surface area contributed by atoms with E-state index in [1.165, 1.54) is 0 Å². The van der Waals surface area contributed by atoms with Crippen molar-refractivity contribution in [3.8, 4) is 0 Å². The maximum Gasteiger partial charge on any atom is 1.00 e. The van der Waals surface area contributed by atoms with Crippen molar-refractivity contribution in [3.63, 3.8) is 0 Å².